The molecular formula is C28H58Si8. The van der Waals surface area contributed by atoms with Crippen molar-refractivity contribution in [2.75, 3.05) is 0 Å². The molecule has 0 aromatic heterocycles. The summed E-state index contributed by atoms with van der Waals surface area (Å²) < 4.78 is 0. The van der Waals surface area contributed by atoms with E-state index in [1.165, 1.54) is 11.1 Å². The van der Waals surface area contributed by atoms with E-state index in [1.807, 2.05) is 0 Å². The first-order valence-electron chi connectivity index (χ1n) is 13.8. The molecule has 0 fully saturated rings. The average Bonchev–Trinajstić information content (AvgIpc) is 2.55. The maximum Gasteiger partial charge on any atom is 0.115 e. The molecule has 202 valence electrons. The molecule has 1 aromatic rings. The summed E-state index contributed by atoms with van der Waals surface area (Å²) in [6.07, 6.45) is 0. The van der Waals surface area contributed by atoms with Gasteiger partial charge in [-0.15, -0.1) is 11.1 Å². The largest absolute Gasteiger partial charge is 0.135 e. The maximum absolute atomic E-state index is 4.20. The summed E-state index contributed by atoms with van der Waals surface area (Å²) in [7, 11) is -8.39. The van der Waals surface area contributed by atoms with Crippen LogP contribution in [0.4, 0.5) is 0 Å². The van der Waals surface area contributed by atoms with Crippen LogP contribution >= 0.6 is 0 Å². The first kappa shape index (κ1) is 34.1. The standard InChI is InChI=1S/C28H58Si8/c1-29(2,3)35(30(4,5)6,31(7,8)9)24-22-27-20-19-21-28(26-27)23-25-36(32(10,11)12,33(13,14)15)34(16,17)18/h19-21,26H,1-18H3. The Hall–Kier alpha value is 0.0751. The van der Waals surface area contributed by atoms with Gasteiger partial charge >= 0.3 is 0 Å². The Balaban J connectivity index is 3.83. The third-order valence-electron chi connectivity index (χ3n) is 8.40. The Morgan fingerprint density at radius 1 is 0.389 bits per heavy atom. The van der Waals surface area contributed by atoms with E-state index in [-0.39, 0.29) is 0 Å². The van der Waals surface area contributed by atoms with Gasteiger partial charge in [-0.2, -0.15) is 0 Å². The minimum absolute atomic E-state index is 1.19. The molecule has 0 radical (unpaired) electrons. The van der Waals surface area contributed by atoms with Crippen molar-refractivity contribution >= 4 is 58.8 Å². The number of hydrogen-bond donors (Lipinski definition) is 0. The first-order chi connectivity index (χ1) is 15.7. The molecule has 8 heteroatoms. The predicted octanol–water partition coefficient (Wildman–Crippen LogP) is 8.87. The lowest BCUT2D eigenvalue weighted by Crippen LogP contribution is -2.82. The van der Waals surface area contributed by atoms with E-state index >= 15 is 0 Å². The Morgan fingerprint density at radius 3 is 0.806 bits per heavy atom. The zero-order chi connectivity index (χ0) is 28.8. The highest BCUT2D eigenvalue weighted by atomic mass is 29.9. The molecule has 0 unspecified atom stereocenters. The summed E-state index contributed by atoms with van der Waals surface area (Å²) in [6, 6.07) is 8.98. The molecule has 0 aliphatic rings. The van der Waals surface area contributed by atoms with E-state index < -0.39 is 58.8 Å². The molecule has 0 saturated heterocycles. The van der Waals surface area contributed by atoms with Gasteiger partial charge in [-0.3, -0.25) is 0 Å². The van der Waals surface area contributed by atoms with Crippen molar-refractivity contribution < 1.29 is 0 Å². The summed E-state index contributed by atoms with van der Waals surface area (Å²) in [6.45, 7) is 43.9. The molecule has 0 aliphatic heterocycles. The number of hydrogen-bond acceptors (Lipinski definition) is 0. The lowest BCUT2D eigenvalue weighted by atomic mass is 10.1. The zero-order valence-corrected chi connectivity index (χ0v) is 35.3. The van der Waals surface area contributed by atoms with E-state index in [0.29, 0.717) is 0 Å². The van der Waals surface area contributed by atoms with Crippen LogP contribution in [-0.4, -0.2) is 58.8 Å². The third-order valence-corrected chi connectivity index (χ3v) is 147. The minimum Gasteiger partial charge on any atom is -0.135 e. The van der Waals surface area contributed by atoms with Gasteiger partial charge in [0.1, 0.15) is 13.3 Å². The fourth-order valence-electron chi connectivity index (χ4n) is 8.88. The lowest BCUT2D eigenvalue weighted by molar-refractivity contribution is 1.60. The maximum atomic E-state index is 4.20. The molecule has 0 bridgehead atoms. The van der Waals surface area contributed by atoms with Gasteiger partial charge in [0.15, 0.2) is 0 Å². The minimum atomic E-state index is -1.68. The van der Waals surface area contributed by atoms with Gasteiger partial charge in [0.2, 0.25) is 0 Å². The average molecular weight is 619 g/mol. The molecule has 1 rings (SSSR count). The normalized spacial score (nSPS) is 14.5. The van der Waals surface area contributed by atoms with Crippen molar-refractivity contribution in [2.24, 2.45) is 0 Å². The summed E-state index contributed by atoms with van der Waals surface area (Å²) in [5.41, 5.74) is 10.8. The Bertz CT molecular complexity index is 899. The second-order valence-corrected chi connectivity index (χ2v) is 97.1. The topological polar surface area (TPSA) is 0 Å². The molecule has 0 amide bonds. The monoisotopic (exact) mass is 618 g/mol. The molecule has 0 spiro atoms. The molecule has 1 aromatic carbocycles. The molecule has 36 heavy (non-hydrogen) atoms. The fourth-order valence-corrected chi connectivity index (χ4v) is 195. The van der Waals surface area contributed by atoms with Crippen molar-refractivity contribution in [3.05, 3.63) is 35.4 Å². The summed E-state index contributed by atoms with van der Waals surface area (Å²) in [5, 5.41) is 0. The van der Waals surface area contributed by atoms with Gasteiger partial charge in [0, 0.05) is 56.7 Å². The number of rotatable bonds is 6. The quantitative estimate of drug-likeness (QED) is 0.221. The van der Waals surface area contributed by atoms with E-state index in [2.05, 4.69) is 165 Å². The lowest BCUT2D eigenvalue weighted by Gasteiger charge is -2.53. The van der Waals surface area contributed by atoms with Crippen LogP contribution in [-0.2, 0) is 0 Å². The van der Waals surface area contributed by atoms with Crippen molar-refractivity contribution in [3.63, 3.8) is 0 Å². The SMILES string of the molecule is C[Si](C)(C)[Si](C#Cc1cccc(C#C[Si]([Si](C)(C)C)([Si](C)(C)C)[Si](C)(C)C)c1)([Si](C)(C)C)[Si](C)(C)C. The van der Waals surface area contributed by atoms with Gasteiger partial charge in [-0.25, -0.2) is 0 Å². The van der Waals surface area contributed by atoms with Gasteiger partial charge in [0.25, 0.3) is 0 Å². The second-order valence-electron chi connectivity index (χ2n) is 17.1. The number of benzene rings is 1. The summed E-state index contributed by atoms with van der Waals surface area (Å²) in [4.78, 5) is 0. The third kappa shape index (κ3) is 6.44. The first-order valence-corrected chi connectivity index (χ1v) is 44.8. The van der Waals surface area contributed by atoms with E-state index in [9.17, 15) is 0 Å². The Labute approximate surface area is 233 Å². The van der Waals surface area contributed by atoms with Gasteiger partial charge in [-0.1, -0.05) is 136 Å². The molecule has 0 aliphatic carbocycles. The fraction of sp³-hybridized carbons (Fsp3) is 0.643. The van der Waals surface area contributed by atoms with Crippen LogP contribution in [0.2, 0.25) is 118 Å². The highest BCUT2D eigenvalue weighted by Crippen LogP contribution is 2.37. The second kappa shape index (κ2) is 10.6. The summed E-state index contributed by atoms with van der Waals surface area (Å²) >= 11 is 0. The Kier molecular flexibility index (Phi) is 10.0. The van der Waals surface area contributed by atoms with Crippen molar-refractivity contribution in [3.8, 4) is 22.9 Å². The molecule has 0 heterocycles. The predicted molar refractivity (Wildman–Crippen MR) is 192 cm³/mol. The van der Waals surface area contributed by atoms with Crippen LogP contribution in [0.5, 0.6) is 0 Å². The van der Waals surface area contributed by atoms with Gasteiger partial charge < -0.3 is 0 Å². The summed E-state index contributed by atoms with van der Waals surface area (Å²) in [5.74, 6) is 7.64. The molecular weight excluding hydrogens is 561 g/mol. The van der Waals surface area contributed by atoms with Crippen molar-refractivity contribution in [1.29, 1.82) is 0 Å². The van der Waals surface area contributed by atoms with Gasteiger partial charge in [-0.05, 0) is 18.2 Å². The zero-order valence-electron chi connectivity index (χ0n) is 27.3. The van der Waals surface area contributed by atoms with E-state index in [1.54, 1.807) is 0 Å². The molecule has 0 nitrogen and oxygen atoms in total. The molecule has 0 atom stereocenters. The van der Waals surface area contributed by atoms with Crippen LogP contribution in [0.25, 0.3) is 0 Å². The van der Waals surface area contributed by atoms with E-state index in [0.717, 1.165) is 0 Å². The van der Waals surface area contributed by atoms with Crippen LogP contribution in [0.1, 0.15) is 11.1 Å². The highest BCUT2D eigenvalue weighted by molar-refractivity contribution is 7.92. The van der Waals surface area contributed by atoms with Crippen LogP contribution in [0.3, 0.4) is 0 Å². The molecule has 0 N–H and O–H groups in total. The van der Waals surface area contributed by atoms with Gasteiger partial charge in [0.05, 0.1) is 0 Å². The van der Waals surface area contributed by atoms with Crippen molar-refractivity contribution in [1.82, 2.24) is 0 Å². The highest BCUT2D eigenvalue weighted by Gasteiger charge is 2.62. The van der Waals surface area contributed by atoms with Crippen LogP contribution in [0.15, 0.2) is 24.3 Å². The molecule has 0 saturated carbocycles. The van der Waals surface area contributed by atoms with Crippen LogP contribution in [0, 0.1) is 22.9 Å². The smallest absolute Gasteiger partial charge is 0.115 e. The van der Waals surface area contributed by atoms with Crippen molar-refractivity contribution in [2.45, 2.75) is 118 Å². The Morgan fingerprint density at radius 2 is 0.611 bits per heavy atom. The van der Waals surface area contributed by atoms with E-state index in [4.69, 9.17) is 0 Å². The van der Waals surface area contributed by atoms with Crippen LogP contribution < -0.4 is 0 Å².